The van der Waals surface area contributed by atoms with Gasteiger partial charge in [0.15, 0.2) is 11.5 Å². The van der Waals surface area contributed by atoms with Crippen LogP contribution in [0.3, 0.4) is 0 Å². The molecule has 4 rings (SSSR count). The van der Waals surface area contributed by atoms with Crippen molar-refractivity contribution in [2.24, 2.45) is 0 Å². The number of hydrogen-bond donors (Lipinski definition) is 2. The molecule has 6 heteroatoms. The average Bonchev–Trinajstić information content (AvgIpc) is 3.19. The zero-order valence-electron chi connectivity index (χ0n) is 13.4. The van der Waals surface area contributed by atoms with Crippen molar-refractivity contribution in [3.8, 4) is 11.5 Å². The minimum absolute atomic E-state index is 0.0349. The summed E-state index contributed by atoms with van der Waals surface area (Å²) in [6.45, 7) is 2.06. The Kier molecular flexibility index (Phi) is 3.46. The van der Waals surface area contributed by atoms with Crippen molar-refractivity contribution in [2.45, 2.75) is 13.0 Å². The Morgan fingerprint density at radius 2 is 1.80 bits per heavy atom. The quantitative estimate of drug-likeness (QED) is 0.499. The smallest absolute Gasteiger partial charge is 0.293 e. The van der Waals surface area contributed by atoms with Crippen molar-refractivity contribution in [1.82, 2.24) is 5.32 Å². The van der Waals surface area contributed by atoms with Crippen molar-refractivity contribution in [1.29, 1.82) is 0 Å². The van der Waals surface area contributed by atoms with Crippen LogP contribution in [-0.2, 0) is 9.59 Å². The van der Waals surface area contributed by atoms with Gasteiger partial charge in [-0.15, -0.1) is 0 Å². The molecule has 0 spiro atoms. The fourth-order valence-corrected chi connectivity index (χ4v) is 2.98. The van der Waals surface area contributed by atoms with Gasteiger partial charge in [0.05, 0.1) is 11.6 Å². The van der Waals surface area contributed by atoms with Gasteiger partial charge in [0, 0.05) is 5.56 Å². The van der Waals surface area contributed by atoms with Crippen LogP contribution < -0.4 is 14.8 Å². The van der Waals surface area contributed by atoms with Crippen molar-refractivity contribution in [2.75, 3.05) is 6.79 Å². The van der Waals surface area contributed by atoms with Gasteiger partial charge in [-0.05, 0) is 24.6 Å². The van der Waals surface area contributed by atoms with Crippen LogP contribution in [0.1, 0.15) is 22.7 Å². The highest BCUT2D eigenvalue weighted by Gasteiger charge is 2.40. The average molecular weight is 337 g/mol. The number of nitrogens with one attached hydrogen (secondary N) is 1. The number of amides is 1. The van der Waals surface area contributed by atoms with Crippen molar-refractivity contribution >= 4 is 17.4 Å². The van der Waals surface area contributed by atoms with Crippen molar-refractivity contribution < 1.29 is 24.2 Å². The molecule has 0 aliphatic carbocycles. The molecule has 2 aliphatic heterocycles. The number of rotatable bonds is 2. The highest BCUT2D eigenvalue weighted by atomic mass is 16.7. The van der Waals surface area contributed by atoms with Crippen LogP contribution in [0, 0.1) is 6.92 Å². The maximum atomic E-state index is 12.3. The van der Waals surface area contributed by atoms with Crippen LogP contribution in [0.4, 0.5) is 0 Å². The Morgan fingerprint density at radius 3 is 2.56 bits per heavy atom. The number of benzene rings is 2. The summed E-state index contributed by atoms with van der Waals surface area (Å²) in [6, 6.07) is 11.5. The van der Waals surface area contributed by atoms with E-state index in [0.29, 0.717) is 22.6 Å². The molecule has 2 heterocycles. The summed E-state index contributed by atoms with van der Waals surface area (Å²) in [4.78, 5) is 24.2. The fraction of sp³-hybridized carbons (Fsp3) is 0.158. The Labute approximate surface area is 143 Å². The van der Waals surface area contributed by atoms with E-state index in [2.05, 4.69) is 5.32 Å². The summed E-state index contributed by atoms with van der Waals surface area (Å²) in [6.07, 6.45) is 0. The van der Waals surface area contributed by atoms with Gasteiger partial charge in [0.25, 0.3) is 11.7 Å². The van der Waals surface area contributed by atoms with Crippen LogP contribution in [0.15, 0.2) is 48.0 Å². The van der Waals surface area contributed by atoms with Crippen LogP contribution in [0.25, 0.3) is 5.76 Å². The summed E-state index contributed by atoms with van der Waals surface area (Å²) in [5, 5.41) is 13.3. The summed E-state index contributed by atoms with van der Waals surface area (Å²) in [7, 11) is 0. The lowest BCUT2D eigenvalue weighted by Crippen LogP contribution is -2.21. The van der Waals surface area contributed by atoms with Gasteiger partial charge in [-0.1, -0.05) is 35.9 Å². The van der Waals surface area contributed by atoms with E-state index in [1.807, 2.05) is 19.1 Å². The molecule has 1 atom stereocenters. The first-order chi connectivity index (χ1) is 12.0. The predicted octanol–water partition coefficient (Wildman–Crippen LogP) is 2.43. The standard InChI is InChI=1S/C19H15NO5/c1-10-2-4-11(5-3-10)17(21)15-16(20-19(23)18(15)22)12-6-7-13-14(8-12)25-9-24-13/h2-8,16,21H,9H2,1H3,(H,20,23)/b17-15+. The Bertz CT molecular complexity index is 914. The fourth-order valence-electron chi connectivity index (χ4n) is 2.98. The predicted molar refractivity (Wildman–Crippen MR) is 89.2 cm³/mol. The van der Waals surface area contributed by atoms with Gasteiger partial charge in [0.2, 0.25) is 6.79 Å². The molecule has 2 aromatic carbocycles. The topological polar surface area (TPSA) is 84.9 Å². The minimum Gasteiger partial charge on any atom is -0.507 e. The molecule has 25 heavy (non-hydrogen) atoms. The molecule has 1 amide bonds. The van der Waals surface area contributed by atoms with Crippen molar-refractivity contribution in [3.63, 3.8) is 0 Å². The number of aliphatic hydroxyl groups excluding tert-OH is 1. The van der Waals surface area contributed by atoms with E-state index in [9.17, 15) is 14.7 Å². The lowest BCUT2D eigenvalue weighted by Gasteiger charge is -2.14. The summed E-state index contributed by atoms with van der Waals surface area (Å²) < 4.78 is 10.6. The maximum Gasteiger partial charge on any atom is 0.293 e. The van der Waals surface area contributed by atoms with E-state index in [-0.39, 0.29) is 18.1 Å². The largest absolute Gasteiger partial charge is 0.507 e. The minimum atomic E-state index is -0.740. The number of hydrogen-bond acceptors (Lipinski definition) is 5. The monoisotopic (exact) mass is 337 g/mol. The Balaban J connectivity index is 1.81. The Morgan fingerprint density at radius 1 is 1.08 bits per heavy atom. The molecule has 2 aromatic rings. The number of ketones is 1. The van der Waals surface area contributed by atoms with Gasteiger partial charge in [-0.2, -0.15) is 0 Å². The molecular formula is C19H15NO5. The molecule has 0 bridgehead atoms. The molecule has 0 saturated carbocycles. The van der Waals surface area contributed by atoms with Gasteiger partial charge >= 0.3 is 0 Å². The van der Waals surface area contributed by atoms with E-state index in [1.54, 1.807) is 30.3 Å². The second-order valence-corrected chi connectivity index (χ2v) is 5.98. The number of aliphatic hydroxyl groups is 1. The number of carbonyl (C=O) groups excluding carboxylic acids is 2. The highest BCUT2D eigenvalue weighted by molar-refractivity contribution is 6.46. The zero-order chi connectivity index (χ0) is 17.6. The van der Waals surface area contributed by atoms with Crippen LogP contribution >= 0.6 is 0 Å². The SMILES string of the molecule is Cc1ccc(/C(O)=C2\C(=O)C(=O)NC2c2ccc3c(c2)OCO3)cc1. The molecule has 6 nitrogen and oxygen atoms in total. The molecule has 126 valence electrons. The lowest BCUT2D eigenvalue weighted by molar-refractivity contribution is -0.133. The summed E-state index contributed by atoms with van der Waals surface area (Å²) >= 11 is 0. The number of ether oxygens (including phenoxy) is 2. The lowest BCUT2D eigenvalue weighted by atomic mass is 9.95. The first-order valence-electron chi connectivity index (χ1n) is 7.79. The van der Waals surface area contributed by atoms with Crippen LogP contribution in [0.2, 0.25) is 0 Å². The summed E-state index contributed by atoms with van der Waals surface area (Å²) in [5.41, 5.74) is 2.18. The molecule has 2 aliphatic rings. The third-order valence-corrected chi connectivity index (χ3v) is 4.33. The molecule has 0 aromatic heterocycles. The van der Waals surface area contributed by atoms with E-state index >= 15 is 0 Å². The van der Waals surface area contributed by atoms with E-state index < -0.39 is 17.7 Å². The third-order valence-electron chi connectivity index (χ3n) is 4.33. The van der Waals surface area contributed by atoms with Gasteiger partial charge in [-0.3, -0.25) is 9.59 Å². The third kappa shape index (κ3) is 2.52. The summed E-state index contributed by atoms with van der Waals surface area (Å²) in [5.74, 6) is -0.531. The number of fused-ring (bicyclic) bond motifs is 1. The molecule has 1 unspecified atom stereocenters. The zero-order valence-corrected chi connectivity index (χ0v) is 13.4. The second kappa shape index (κ2) is 5.66. The first-order valence-corrected chi connectivity index (χ1v) is 7.79. The normalized spacial score (nSPS) is 20.6. The maximum absolute atomic E-state index is 12.3. The van der Waals surface area contributed by atoms with Gasteiger partial charge < -0.3 is 19.9 Å². The first kappa shape index (κ1) is 15.3. The van der Waals surface area contributed by atoms with Crippen LogP contribution in [0.5, 0.6) is 11.5 Å². The van der Waals surface area contributed by atoms with E-state index in [0.717, 1.165) is 5.56 Å². The number of Topliss-reactive ketones (excluding diaryl/α,β-unsaturated/α-hetero) is 1. The molecule has 1 fully saturated rings. The number of carbonyl (C=O) groups is 2. The van der Waals surface area contributed by atoms with E-state index in [4.69, 9.17) is 9.47 Å². The molecule has 0 radical (unpaired) electrons. The Hall–Kier alpha value is -3.28. The molecule has 1 saturated heterocycles. The second-order valence-electron chi connectivity index (χ2n) is 5.98. The highest BCUT2D eigenvalue weighted by Crippen LogP contribution is 2.38. The number of aryl methyl sites for hydroxylation is 1. The van der Waals surface area contributed by atoms with Gasteiger partial charge in [0.1, 0.15) is 5.76 Å². The molecular weight excluding hydrogens is 322 g/mol. The van der Waals surface area contributed by atoms with Crippen molar-refractivity contribution in [3.05, 3.63) is 64.7 Å². The molecule has 2 N–H and O–H groups in total. The van der Waals surface area contributed by atoms with Crippen LogP contribution in [-0.4, -0.2) is 23.6 Å². The van der Waals surface area contributed by atoms with Gasteiger partial charge in [-0.25, -0.2) is 0 Å². The van der Waals surface area contributed by atoms with E-state index in [1.165, 1.54) is 0 Å².